The Morgan fingerprint density at radius 1 is 0.966 bits per heavy atom. The van der Waals surface area contributed by atoms with E-state index >= 15 is 0 Å². The molecule has 0 spiro atoms. The van der Waals surface area contributed by atoms with Gasteiger partial charge in [-0.25, -0.2) is 8.42 Å². The van der Waals surface area contributed by atoms with Crippen LogP contribution in [0.5, 0.6) is 5.75 Å². The lowest BCUT2D eigenvalue weighted by atomic mass is 10.2. The van der Waals surface area contributed by atoms with Gasteiger partial charge in [-0.3, -0.25) is 9.52 Å². The fourth-order valence-corrected chi connectivity index (χ4v) is 3.98. The average Bonchev–Trinajstić information content (AvgIpc) is 2.63. The van der Waals surface area contributed by atoms with Crippen molar-refractivity contribution in [3.8, 4) is 5.75 Å². The van der Waals surface area contributed by atoms with Gasteiger partial charge in [-0.05, 0) is 67.4 Å². The van der Waals surface area contributed by atoms with E-state index in [0.717, 1.165) is 11.1 Å². The number of amides is 1. The van der Waals surface area contributed by atoms with Crippen LogP contribution in [0.3, 0.4) is 0 Å². The zero-order chi connectivity index (χ0) is 21.2. The third-order valence-corrected chi connectivity index (χ3v) is 5.87. The number of aromatic hydroxyl groups is 1. The van der Waals surface area contributed by atoms with Crippen LogP contribution in [-0.4, -0.2) is 19.4 Å². The minimum absolute atomic E-state index is 0.0289. The van der Waals surface area contributed by atoms with Crippen LogP contribution in [0.2, 0.25) is 5.02 Å². The van der Waals surface area contributed by atoms with Gasteiger partial charge in [0.1, 0.15) is 5.75 Å². The molecule has 0 aliphatic carbocycles. The van der Waals surface area contributed by atoms with Crippen LogP contribution in [-0.2, 0) is 10.0 Å². The van der Waals surface area contributed by atoms with E-state index in [1.54, 1.807) is 37.3 Å². The van der Waals surface area contributed by atoms with Crippen LogP contribution < -0.4 is 10.0 Å². The highest BCUT2D eigenvalue weighted by atomic mass is 35.5. The first-order valence-electron chi connectivity index (χ1n) is 8.66. The van der Waals surface area contributed by atoms with Gasteiger partial charge < -0.3 is 10.4 Å². The number of phenols is 1. The zero-order valence-corrected chi connectivity index (χ0v) is 17.3. The van der Waals surface area contributed by atoms with Gasteiger partial charge in [0.05, 0.1) is 21.2 Å². The maximum atomic E-state index is 12.7. The van der Waals surface area contributed by atoms with E-state index in [1.165, 1.54) is 24.3 Å². The van der Waals surface area contributed by atoms with Gasteiger partial charge in [0.2, 0.25) is 0 Å². The molecule has 6 nitrogen and oxygen atoms in total. The maximum absolute atomic E-state index is 12.7. The molecule has 0 bridgehead atoms. The molecule has 0 fully saturated rings. The molecule has 0 saturated heterocycles. The largest absolute Gasteiger partial charge is 0.506 e. The molecule has 0 aromatic heterocycles. The van der Waals surface area contributed by atoms with Crippen molar-refractivity contribution in [2.75, 3.05) is 10.0 Å². The summed E-state index contributed by atoms with van der Waals surface area (Å²) in [5.41, 5.74) is 2.31. The summed E-state index contributed by atoms with van der Waals surface area (Å²) < 4.78 is 27.9. The van der Waals surface area contributed by atoms with Crippen molar-refractivity contribution in [2.24, 2.45) is 0 Å². The molecular formula is C21H19ClN2O4S. The molecule has 3 N–H and O–H groups in total. The molecule has 0 aliphatic heterocycles. The fourth-order valence-electron chi connectivity index (χ4n) is 2.71. The monoisotopic (exact) mass is 430 g/mol. The van der Waals surface area contributed by atoms with Gasteiger partial charge in [0, 0.05) is 5.69 Å². The van der Waals surface area contributed by atoms with Gasteiger partial charge in [-0.15, -0.1) is 0 Å². The number of aryl methyl sites for hydroxylation is 2. The third-order valence-electron chi connectivity index (χ3n) is 4.16. The van der Waals surface area contributed by atoms with Crippen LogP contribution in [0.15, 0.2) is 65.6 Å². The lowest BCUT2D eigenvalue weighted by Crippen LogP contribution is -2.16. The Hall–Kier alpha value is -3.03. The zero-order valence-electron chi connectivity index (χ0n) is 15.7. The van der Waals surface area contributed by atoms with Crippen molar-refractivity contribution in [3.05, 3.63) is 82.4 Å². The van der Waals surface area contributed by atoms with Gasteiger partial charge in [0.25, 0.3) is 15.9 Å². The average molecular weight is 431 g/mol. The van der Waals surface area contributed by atoms with Crippen molar-refractivity contribution >= 4 is 38.9 Å². The number of carbonyl (C=O) groups excluding carboxylic acids is 1. The molecule has 0 radical (unpaired) electrons. The van der Waals surface area contributed by atoms with Crippen LogP contribution in [0.4, 0.5) is 11.4 Å². The standard InChI is InChI=1S/C21H19ClN2O4S/c1-13-4-3-5-15(10-13)24-29(27,28)16-7-8-18(22)17(12-16)21(26)23-19-9-6-14(2)11-20(19)25/h3-12,24-25H,1-2H3,(H,23,26). The molecule has 0 saturated carbocycles. The van der Waals surface area contributed by atoms with Crippen molar-refractivity contribution in [3.63, 3.8) is 0 Å². The molecule has 3 aromatic rings. The number of anilines is 2. The molecule has 150 valence electrons. The number of rotatable bonds is 5. The van der Waals surface area contributed by atoms with Crippen LogP contribution in [0, 0.1) is 13.8 Å². The first kappa shape index (κ1) is 20.7. The van der Waals surface area contributed by atoms with Gasteiger partial charge in [-0.2, -0.15) is 0 Å². The minimum Gasteiger partial charge on any atom is -0.506 e. The summed E-state index contributed by atoms with van der Waals surface area (Å²) in [6.45, 7) is 3.65. The highest BCUT2D eigenvalue weighted by Crippen LogP contribution is 2.27. The molecule has 8 heteroatoms. The number of benzene rings is 3. The molecular weight excluding hydrogens is 412 g/mol. The molecule has 0 heterocycles. The Kier molecular flexibility index (Phi) is 5.81. The number of sulfonamides is 1. The first-order chi connectivity index (χ1) is 13.7. The molecule has 29 heavy (non-hydrogen) atoms. The summed E-state index contributed by atoms with van der Waals surface area (Å²) in [6.07, 6.45) is 0. The van der Waals surface area contributed by atoms with E-state index in [9.17, 15) is 18.3 Å². The number of carbonyl (C=O) groups is 1. The first-order valence-corrected chi connectivity index (χ1v) is 10.5. The Labute approximate surface area is 174 Å². The normalized spacial score (nSPS) is 11.1. The van der Waals surface area contributed by atoms with Gasteiger partial charge in [0.15, 0.2) is 0 Å². The summed E-state index contributed by atoms with van der Waals surface area (Å²) >= 11 is 6.11. The minimum atomic E-state index is -3.93. The van der Waals surface area contributed by atoms with E-state index in [2.05, 4.69) is 10.0 Å². The topological polar surface area (TPSA) is 95.5 Å². The number of nitrogens with one attached hydrogen (secondary N) is 2. The lowest BCUT2D eigenvalue weighted by Gasteiger charge is -2.12. The van der Waals surface area contributed by atoms with Crippen molar-refractivity contribution in [1.29, 1.82) is 0 Å². The van der Waals surface area contributed by atoms with Crippen molar-refractivity contribution in [2.45, 2.75) is 18.7 Å². The molecule has 3 rings (SSSR count). The van der Waals surface area contributed by atoms with Crippen LogP contribution in [0.25, 0.3) is 0 Å². The third kappa shape index (κ3) is 4.88. The van der Waals surface area contributed by atoms with Crippen molar-refractivity contribution < 1.29 is 18.3 Å². The summed E-state index contributed by atoms with van der Waals surface area (Å²) in [5, 5.41) is 12.6. The lowest BCUT2D eigenvalue weighted by molar-refractivity contribution is 0.102. The second kappa shape index (κ2) is 8.14. The number of hydrogen-bond acceptors (Lipinski definition) is 4. The number of hydrogen-bond donors (Lipinski definition) is 3. The van der Waals surface area contributed by atoms with Gasteiger partial charge in [-0.1, -0.05) is 29.8 Å². The Balaban J connectivity index is 1.89. The number of halogens is 1. The molecule has 1 amide bonds. The van der Waals surface area contributed by atoms with Crippen LogP contribution >= 0.6 is 11.6 Å². The van der Waals surface area contributed by atoms with Gasteiger partial charge >= 0.3 is 0 Å². The Bertz CT molecular complexity index is 1190. The van der Waals surface area contributed by atoms with E-state index in [-0.39, 0.29) is 26.9 Å². The highest BCUT2D eigenvalue weighted by molar-refractivity contribution is 7.92. The predicted molar refractivity (Wildman–Crippen MR) is 114 cm³/mol. The quantitative estimate of drug-likeness (QED) is 0.510. The summed E-state index contributed by atoms with van der Waals surface area (Å²) in [6, 6.07) is 15.6. The second-order valence-corrected chi connectivity index (χ2v) is 8.68. The van der Waals surface area contributed by atoms with E-state index in [4.69, 9.17) is 11.6 Å². The predicted octanol–water partition coefficient (Wildman–Crippen LogP) is 4.72. The Morgan fingerprint density at radius 3 is 2.38 bits per heavy atom. The smallest absolute Gasteiger partial charge is 0.261 e. The highest BCUT2D eigenvalue weighted by Gasteiger charge is 2.20. The SMILES string of the molecule is Cc1cccc(NS(=O)(=O)c2ccc(Cl)c(C(=O)Nc3ccc(C)cc3O)c2)c1. The fraction of sp³-hybridized carbons (Fsp3) is 0.0952. The molecule has 0 unspecified atom stereocenters. The molecule has 0 atom stereocenters. The molecule has 3 aromatic carbocycles. The summed E-state index contributed by atoms with van der Waals surface area (Å²) in [7, 11) is -3.93. The molecule has 0 aliphatic rings. The number of phenolic OH excluding ortho intramolecular Hbond substituents is 1. The maximum Gasteiger partial charge on any atom is 0.261 e. The van der Waals surface area contributed by atoms with E-state index < -0.39 is 15.9 Å². The summed E-state index contributed by atoms with van der Waals surface area (Å²) in [5.74, 6) is -0.735. The Morgan fingerprint density at radius 2 is 1.69 bits per heavy atom. The second-order valence-electron chi connectivity index (χ2n) is 6.59. The van der Waals surface area contributed by atoms with E-state index in [1.807, 2.05) is 13.0 Å². The summed E-state index contributed by atoms with van der Waals surface area (Å²) in [4.78, 5) is 12.5. The van der Waals surface area contributed by atoms with Crippen molar-refractivity contribution in [1.82, 2.24) is 0 Å². The van der Waals surface area contributed by atoms with Crippen LogP contribution in [0.1, 0.15) is 21.5 Å². The van der Waals surface area contributed by atoms with E-state index in [0.29, 0.717) is 5.69 Å².